The predicted molar refractivity (Wildman–Crippen MR) is 70.0 cm³/mol. The number of halogens is 1. The van der Waals surface area contributed by atoms with E-state index in [9.17, 15) is 10.1 Å². The summed E-state index contributed by atoms with van der Waals surface area (Å²) in [6.45, 7) is 0.385. The van der Waals surface area contributed by atoms with Gasteiger partial charge in [-0.2, -0.15) is 4.68 Å². The molecule has 0 aliphatic rings. The smallest absolute Gasteiger partial charge is 0.358 e. The molecule has 7 heteroatoms. The van der Waals surface area contributed by atoms with E-state index in [1.807, 2.05) is 30.3 Å². The molecule has 6 nitrogen and oxygen atoms in total. The fourth-order valence-electron chi connectivity index (χ4n) is 1.61. The molecule has 1 atom stereocenters. The maximum absolute atomic E-state index is 10.7. The topological polar surface area (TPSA) is 87.0 Å². The molecule has 1 unspecified atom stereocenters. The van der Waals surface area contributed by atoms with Gasteiger partial charge >= 0.3 is 5.82 Å². The van der Waals surface area contributed by atoms with Crippen molar-refractivity contribution in [2.45, 2.75) is 12.6 Å². The van der Waals surface area contributed by atoms with E-state index in [2.05, 4.69) is 21.0 Å². The molecule has 18 heavy (non-hydrogen) atoms. The van der Waals surface area contributed by atoms with Gasteiger partial charge in [0, 0.05) is 0 Å². The van der Waals surface area contributed by atoms with E-state index in [0.29, 0.717) is 11.0 Å². The highest BCUT2D eigenvalue weighted by molar-refractivity contribution is 9.10. The lowest BCUT2D eigenvalue weighted by molar-refractivity contribution is -0.390. The zero-order valence-corrected chi connectivity index (χ0v) is 10.9. The molecule has 2 rings (SSSR count). The van der Waals surface area contributed by atoms with E-state index >= 15 is 0 Å². The Morgan fingerprint density at radius 3 is 2.67 bits per heavy atom. The Labute approximate surface area is 112 Å². The van der Waals surface area contributed by atoms with E-state index in [0.717, 1.165) is 5.56 Å². The van der Waals surface area contributed by atoms with Gasteiger partial charge in [0.1, 0.15) is 4.47 Å². The van der Waals surface area contributed by atoms with Crippen molar-refractivity contribution in [1.82, 2.24) is 9.78 Å². The van der Waals surface area contributed by atoms with Crippen molar-refractivity contribution in [3.63, 3.8) is 0 Å². The number of aromatic nitrogens is 2. The van der Waals surface area contributed by atoms with Crippen LogP contribution in [0.2, 0.25) is 0 Å². The van der Waals surface area contributed by atoms with Gasteiger partial charge in [-0.15, -0.1) is 0 Å². The molecule has 0 saturated heterocycles. The largest absolute Gasteiger partial charge is 0.404 e. The number of nitro groups is 1. The number of nitrogens with zero attached hydrogens (tertiary/aromatic N) is 3. The van der Waals surface area contributed by atoms with Gasteiger partial charge in [-0.1, -0.05) is 30.3 Å². The molecule has 0 amide bonds. The van der Waals surface area contributed by atoms with Crippen LogP contribution < -0.4 is 5.73 Å². The first-order chi connectivity index (χ1) is 8.58. The Kier molecular flexibility index (Phi) is 3.73. The summed E-state index contributed by atoms with van der Waals surface area (Å²) in [4.78, 5) is 10.1. The molecule has 0 aliphatic heterocycles. The lowest BCUT2D eigenvalue weighted by Crippen LogP contribution is -2.17. The van der Waals surface area contributed by atoms with Gasteiger partial charge in [0.25, 0.3) is 0 Å². The van der Waals surface area contributed by atoms with Crippen LogP contribution in [-0.2, 0) is 6.54 Å². The highest BCUT2D eigenvalue weighted by Crippen LogP contribution is 2.23. The first-order valence-corrected chi connectivity index (χ1v) is 6.05. The number of hydrogen-bond acceptors (Lipinski definition) is 4. The van der Waals surface area contributed by atoms with Crippen LogP contribution in [0.1, 0.15) is 11.6 Å². The van der Waals surface area contributed by atoms with Crippen LogP contribution in [0.5, 0.6) is 0 Å². The first kappa shape index (κ1) is 12.7. The van der Waals surface area contributed by atoms with Crippen molar-refractivity contribution >= 4 is 21.7 Å². The maximum atomic E-state index is 10.7. The van der Waals surface area contributed by atoms with Crippen LogP contribution in [0.15, 0.2) is 41.0 Å². The number of nitrogens with two attached hydrogens (primary N) is 1. The summed E-state index contributed by atoms with van der Waals surface area (Å²) >= 11 is 3.10. The second kappa shape index (κ2) is 5.28. The molecular formula is C11H11BrN4O2. The minimum Gasteiger partial charge on any atom is -0.358 e. The molecule has 0 aliphatic carbocycles. The average molecular weight is 311 g/mol. The lowest BCUT2D eigenvalue weighted by Gasteiger charge is -2.09. The molecule has 0 saturated carbocycles. The summed E-state index contributed by atoms with van der Waals surface area (Å²) in [6, 6.07) is 9.28. The molecule has 94 valence electrons. The Bertz CT molecular complexity index is 555. The Hall–Kier alpha value is -1.73. The predicted octanol–water partition coefficient (Wildman–Crippen LogP) is 2.25. The fourth-order valence-corrected chi connectivity index (χ4v) is 2.07. The van der Waals surface area contributed by atoms with Crippen molar-refractivity contribution < 1.29 is 4.92 Å². The van der Waals surface area contributed by atoms with E-state index < -0.39 is 4.92 Å². The summed E-state index contributed by atoms with van der Waals surface area (Å²) in [7, 11) is 0. The minimum atomic E-state index is -0.533. The van der Waals surface area contributed by atoms with Gasteiger partial charge in [-0.05, 0) is 26.4 Å². The van der Waals surface area contributed by atoms with Gasteiger partial charge in [0.15, 0.2) is 0 Å². The van der Waals surface area contributed by atoms with Gasteiger partial charge in [-0.3, -0.25) is 0 Å². The van der Waals surface area contributed by atoms with Crippen molar-refractivity contribution in [3.05, 3.63) is 56.7 Å². The monoisotopic (exact) mass is 310 g/mol. The third-order valence-electron chi connectivity index (χ3n) is 2.48. The van der Waals surface area contributed by atoms with Crippen molar-refractivity contribution in [3.8, 4) is 0 Å². The number of rotatable bonds is 4. The summed E-state index contributed by atoms with van der Waals surface area (Å²) in [5.41, 5.74) is 6.98. The van der Waals surface area contributed by atoms with Crippen LogP contribution in [0.4, 0.5) is 5.82 Å². The highest BCUT2D eigenvalue weighted by atomic mass is 79.9. The summed E-state index contributed by atoms with van der Waals surface area (Å²) in [5, 5.41) is 14.5. The molecule has 2 N–H and O–H groups in total. The SMILES string of the molecule is NC(Cn1cc(Br)c([N+](=O)[O-])n1)c1ccccc1. The maximum Gasteiger partial charge on any atom is 0.404 e. The Morgan fingerprint density at radius 1 is 1.44 bits per heavy atom. The first-order valence-electron chi connectivity index (χ1n) is 5.26. The van der Waals surface area contributed by atoms with Gasteiger partial charge in [0.05, 0.1) is 23.9 Å². The molecule has 2 aromatic rings. The standard InChI is InChI=1S/C11H11BrN4O2/c12-9-6-15(14-11(9)16(17)18)7-10(13)8-4-2-1-3-5-8/h1-6,10H,7,13H2. The number of benzene rings is 1. The van der Waals surface area contributed by atoms with Gasteiger partial charge in [-0.25, -0.2) is 0 Å². The number of hydrogen-bond donors (Lipinski definition) is 1. The molecule has 1 aromatic carbocycles. The zero-order chi connectivity index (χ0) is 13.1. The third-order valence-corrected chi connectivity index (χ3v) is 3.04. The summed E-state index contributed by atoms with van der Waals surface area (Å²) in [6.07, 6.45) is 1.56. The van der Waals surface area contributed by atoms with Crippen molar-refractivity contribution in [2.24, 2.45) is 5.73 Å². The van der Waals surface area contributed by atoms with Crippen molar-refractivity contribution in [1.29, 1.82) is 0 Å². The van der Waals surface area contributed by atoms with Crippen LogP contribution in [0, 0.1) is 10.1 Å². The second-order valence-corrected chi connectivity index (χ2v) is 4.65. The lowest BCUT2D eigenvalue weighted by atomic mass is 10.1. The second-order valence-electron chi connectivity index (χ2n) is 3.80. The molecule has 0 spiro atoms. The quantitative estimate of drug-likeness (QED) is 0.693. The highest BCUT2D eigenvalue weighted by Gasteiger charge is 2.19. The molecule has 0 bridgehead atoms. The molecule has 1 aromatic heterocycles. The van der Waals surface area contributed by atoms with Crippen molar-refractivity contribution in [2.75, 3.05) is 0 Å². The van der Waals surface area contributed by atoms with Gasteiger partial charge in [0.2, 0.25) is 0 Å². The van der Waals surface area contributed by atoms with Crippen LogP contribution in [-0.4, -0.2) is 14.7 Å². The zero-order valence-electron chi connectivity index (χ0n) is 9.36. The van der Waals surface area contributed by atoms with E-state index in [1.165, 1.54) is 4.68 Å². The normalized spacial score (nSPS) is 12.3. The van der Waals surface area contributed by atoms with Crippen LogP contribution >= 0.6 is 15.9 Å². The van der Waals surface area contributed by atoms with E-state index in [1.54, 1.807) is 6.20 Å². The fraction of sp³-hybridized carbons (Fsp3) is 0.182. The average Bonchev–Trinajstić information content (AvgIpc) is 2.71. The summed E-state index contributed by atoms with van der Waals surface area (Å²) in [5.74, 6) is -0.199. The van der Waals surface area contributed by atoms with E-state index in [-0.39, 0.29) is 11.9 Å². The molecular weight excluding hydrogens is 300 g/mol. The molecule has 0 fully saturated rings. The van der Waals surface area contributed by atoms with E-state index in [4.69, 9.17) is 5.73 Å². The molecule has 1 heterocycles. The molecule has 0 radical (unpaired) electrons. The summed E-state index contributed by atoms with van der Waals surface area (Å²) < 4.78 is 1.83. The third kappa shape index (κ3) is 2.74. The minimum absolute atomic E-state index is 0.199. The van der Waals surface area contributed by atoms with Crippen LogP contribution in [0.3, 0.4) is 0 Å². The Morgan fingerprint density at radius 2 is 2.11 bits per heavy atom. The van der Waals surface area contributed by atoms with Crippen LogP contribution in [0.25, 0.3) is 0 Å². The Balaban J connectivity index is 2.15. The van der Waals surface area contributed by atoms with Gasteiger partial charge < -0.3 is 15.8 Å².